The van der Waals surface area contributed by atoms with Gasteiger partial charge in [-0.1, -0.05) is 28.1 Å². The Morgan fingerprint density at radius 2 is 1.88 bits per heavy atom. The molecular formula is C17H16Br2N2O2S. The minimum atomic E-state index is -0.337. The highest BCUT2D eigenvalue weighted by atomic mass is 79.9. The van der Waals surface area contributed by atoms with E-state index in [1.54, 1.807) is 12.1 Å². The van der Waals surface area contributed by atoms with Gasteiger partial charge < -0.3 is 10.1 Å². The third-order valence-electron chi connectivity index (χ3n) is 2.90. The number of thiocarbonyl (C=S) groups is 1. The van der Waals surface area contributed by atoms with Crippen molar-refractivity contribution in [2.24, 2.45) is 0 Å². The van der Waals surface area contributed by atoms with E-state index in [0.29, 0.717) is 11.3 Å². The minimum absolute atomic E-state index is 0.0388. The maximum atomic E-state index is 12.5. The first kappa shape index (κ1) is 18.9. The molecule has 0 aromatic heterocycles. The maximum Gasteiger partial charge on any atom is 0.261 e. The van der Waals surface area contributed by atoms with E-state index in [9.17, 15) is 4.79 Å². The molecule has 0 saturated heterocycles. The smallest absolute Gasteiger partial charge is 0.261 e. The van der Waals surface area contributed by atoms with E-state index in [1.807, 2.05) is 44.2 Å². The van der Waals surface area contributed by atoms with Crippen LogP contribution in [0.5, 0.6) is 5.75 Å². The van der Waals surface area contributed by atoms with Gasteiger partial charge in [-0.2, -0.15) is 0 Å². The van der Waals surface area contributed by atoms with Gasteiger partial charge in [0.1, 0.15) is 5.75 Å². The summed E-state index contributed by atoms with van der Waals surface area (Å²) in [5.41, 5.74) is 1.19. The summed E-state index contributed by atoms with van der Waals surface area (Å²) in [6.07, 6.45) is -0.0388. The second-order valence-electron chi connectivity index (χ2n) is 5.20. The molecule has 0 heterocycles. The van der Waals surface area contributed by atoms with Gasteiger partial charge in [-0.15, -0.1) is 0 Å². The number of para-hydroxylation sites is 1. The first-order chi connectivity index (χ1) is 11.4. The van der Waals surface area contributed by atoms with E-state index >= 15 is 0 Å². The fourth-order valence-electron chi connectivity index (χ4n) is 1.92. The lowest BCUT2D eigenvalue weighted by Crippen LogP contribution is -2.34. The van der Waals surface area contributed by atoms with Crippen LogP contribution in [0.15, 0.2) is 51.4 Å². The fourth-order valence-corrected chi connectivity index (χ4v) is 2.87. The van der Waals surface area contributed by atoms with Gasteiger partial charge in [0.25, 0.3) is 5.91 Å². The summed E-state index contributed by atoms with van der Waals surface area (Å²) in [4.78, 5) is 12.5. The zero-order valence-corrected chi connectivity index (χ0v) is 17.1. The highest BCUT2D eigenvalue weighted by molar-refractivity contribution is 9.10. The second kappa shape index (κ2) is 8.60. The van der Waals surface area contributed by atoms with Gasteiger partial charge in [-0.25, -0.2) is 0 Å². The molecular weight excluding hydrogens is 456 g/mol. The van der Waals surface area contributed by atoms with Gasteiger partial charge in [0.15, 0.2) is 5.11 Å². The van der Waals surface area contributed by atoms with Crippen LogP contribution in [0.3, 0.4) is 0 Å². The lowest BCUT2D eigenvalue weighted by Gasteiger charge is -2.15. The number of halogens is 2. The van der Waals surface area contributed by atoms with Crippen LogP contribution < -0.4 is 15.4 Å². The zero-order valence-electron chi connectivity index (χ0n) is 13.1. The van der Waals surface area contributed by atoms with Crippen LogP contribution in [-0.4, -0.2) is 17.1 Å². The maximum absolute atomic E-state index is 12.5. The van der Waals surface area contributed by atoms with Gasteiger partial charge >= 0.3 is 0 Å². The summed E-state index contributed by atoms with van der Waals surface area (Å²) in [6, 6.07) is 12.8. The number of benzene rings is 2. The molecule has 0 aliphatic rings. The summed E-state index contributed by atoms with van der Waals surface area (Å²) in [7, 11) is 0. The molecule has 0 bridgehead atoms. The Morgan fingerprint density at radius 3 is 2.54 bits per heavy atom. The van der Waals surface area contributed by atoms with E-state index < -0.39 is 0 Å². The number of amides is 1. The third kappa shape index (κ3) is 5.29. The highest BCUT2D eigenvalue weighted by Gasteiger charge is 2.16. The molecule has 0 atom stereocenters. The molecule has 0 unspecified atom stereocenters. The van der Waals surface area contributed by atoms with Gasteiger partial charge in [-0.05, 0) is 72.3 Å². The molecule has 2 N–H and O–H groups in total. The molecule has 0 saturated carbocycles. The average Bonchev–Trinajstić information content (AvgIpc) is 2.50. The molecule has 1 amide bonds. The Labute approximate surface area is 163 Å². The van der Waals surface area contributed by atoms with Crippen molar-refractivity contribution < 1.29 is 9.53 Å². The largest absolute Gasteiger partial charge is 0.490 e. The number of hydrogen-bond donors (Lipinski definition) is 2. The average molecular weight is 472 g/mol. The molecule has 126 valence electrons. The molecule has 2 aromatic rings. The van der Waals surface area contributed by atoms with Crippen molar-refractivity contribution in [3.63, 3.8) is 0 Å². The van der Waals surface area contributed by atoms with Gasteiger partial charge in [0, 0.05) is 8.95 Å². The van der Waals surface area contributed by atoms with Crippen LogP contribution in [0, 0.1) is 0 Å². The van der Waals surface area contributed by atoms with E-state index in [1.165, 1.54) is 0 Å². The summed E-state index contributed by atoms with van der Waals surface area (Å²) in [5.74, 6) is 0.172. The van der Waals surface area contributed by atoms with Crippen molar-refractivity contribution in [2.45, 2.75) is 20.0 Å². The summed E-state index contributed by atoms with van der Waals surface area (Å²) in [5, 5.41) is 5.87. The van der Waals surface area contributed by atoms with E-state index in [4.69, 9.17) is 17.0 Å². The van der Waals surface area contributed by atoms with Crippen LogP contribution >= 0.6 is 44.1 Å². The molecule has 24 heavy (non-hydrogen) atoms. The highest BCUT2D eigenvalue weighted by Crippen LogP contribution is 2.25. The fraction of sp³-hybridized carbons (Fsp3) is 0.176. The van der Waals surface area contributed by atoms with Crippen LogP contribution in [-0.2, 0) is 0 Å². The molecule has 0 aliphatic carbocycles. The van der Waals surface area contributed by atoms with Crippen molar-refractivity contribution in [2.75, 3.05) is 5.32 Å². The van der Waals surface area contributed by atoms with Crippen molar-refractivity contribution in [3.8, 4) is 5.75 Å². The number of ether oxygens (including phenoxy) is 1. The Hall–Kier alpha value is -1.44. The van der Waals surface area contributed by atoms with Crippen molar-refractivity contribution >= 4 is 60.8 Å². The SMILES string of the molecule is CC(C)Oc1ccc(Br)cc1C(=O)NC(=S)Nc1ccccc1Br. The molecule has 0 fully saturated rings. The molecule has 0 aliphatic heterocycles. The van der Waals surface area contributed by atoms with E-state index in [2.05, 4.69) is 42.5 Å². The number of nitrogens with one attached hydrogen (secondary N) is 2. The zero-order chi connectivity index (χ0) is 17.7. The third-order valence-corrected chi connectivity index (χ3v) is 4.29. The minimum Gasteiger partial charge on any atom is -0.490 e. The van der Waals surface area contributed by atoms with Crippen LogP contribution in [0.2, 0.25) is 0 Å². The summed E-state index contributed by atoms with van der Waals surface area (Å²) < 4.78 is 7.33. The van der Waals surface area contributed by atoms with Crippen molar-refractivity contribution in [3.05, 3.63) is 57.0 Å². The van der Waals surface area contributed by atoms with Crippen LogP contribution in [0.25, 0.3) is 0 Å². The Bertz CT molecular complexity index is 766. The number of carbonyl (C=O) groups excluding carboxylic acids is 1. The second-order valence-corrected chi connectivity index (χ2v) is 7.37. The molecule has 2 rings (SSSR count). The van der Waals surface area contributed by atoms with Crippen molar-refractivity contribution in [1.29, 1.82) is 0 Å². The quantitative estimate of drug-likeness (QED) is 0.607. The van der Waals surface area contributed by atoms with Gasteiger partial charge in [0.05, 0.1) is 17.4 Å². The predicted octanol–water partition coefficient (Wildman–Crippen LogP) is 5.13. The summed E-state index contributed by atoms with van der Waals surface area (Å²) in [6.45, 7) is 3.81. The number of rotatable bonds is 4. The molecule has 0 radical (unpaired) electrons. The van der Waals surface area contributed by atoms with Gasteiger partial charge in [-0.3, -0.25) is 10.1 Å². The van der Waals surface area contributed by atoms with Crippen LogP contribution in [0.1, 0.15) is 24.2 Å². The lowest BCUT2D eigenvalue weighted by atomic mass is 10.2. The van der Waals surface area contributed by atoms with Crippen molar-refractivity contribution in [1.82, 2.24) is 5.32 Å². The Balaban J connectivity index is 2.13. The Morgan fingerprint density at radius 1 is 1.17 bits per heavy atom. The molecule has 4 nitrogen and oxygen atoms in total. The molecule has 0 spiro atoms. The standard InChI is InChI=1S/C17H16Br2N2O2S/c1-10(2)23-15-8-7-11(18)9-12(15)16(22)21-17(24)20-14-6-4-3-5-13(14)19/h3-10H,1-2H3,(H2,20,21,22,24). The monoisotopic (exact) mass is 470 g/mol. The number of hydrogen-bond acceptors (Lipinski definition) is 3. The Kier molecular flexibility index (Phi) is 6.77. The van der Waals surface area contributed by atoms with E-state index in [0.717, 1.165) is 14.6 Å². The normalized spacial score (nSPS) is 10.4. The summed E-state index contributed by atoms with van der Waals surface area (Å²) >= 11 is 12.0. The molecule has 7 heteroatoms. The molecule has 2 aromatic carbocycles. The van der Waals surface area contributed by atoms with Gasteiger partial charge in [0.2, 0.25) is 0 Å². The first-order valence-electron chi connectivity index (χ1n) is 7.20. The predicted molar refractivity (Wildman–Crippen MR) is 108 cm³/mol. The number of anilines is 1. The van der Waals surface area contributed by atoms with E-state index in [-0.39, 0.29) is 17.1 Å². The van der Waals surface area contributed by atoms with Crippen LogP contribution in [0.4, 0.5) is 5.69 Å². The number of carbonyl (C=O) groups is 1. The lowest BCUT2D eigenvalue weighted by molar-refractivity contribution is 0.0972. The first-order valence-corrected chi connectivity index (χ1v) is 9.19. The topological polar surface area (TPSA) is 50.4 Å².